The molecule has 4 rings (SSSR count). The van der Waals surface area contributed by atoms with E-state index in [4.69, 9.17) is 4.74 Å². The average Bonchev–Trinajstić information content (AvgIpc) is 2.77. The lowest BCUT2D eigenvalue weighted by Gasteiger charge is -2.32. The number of aromatic nitrogens is 3. The molecule has 10 heteroatoms. The predicted octanol–water partition coefficient (Wildman–Crippen LogP) is 1.59. The van der Waals surface area contributed by atoms with Gasteiger partial charge in [-0.05, 0) is 18.2 Å². The molecule has 0 N–H and O–H groups in total. The van der Waals surface area contributed by atoms with Crippen LogP contribution in [0.2, 0.25) is 0 Å². The number of rotatable bonds is 3. The first kappa shape index (κ1) is 20.7. The highest BCUT2D eigenvalue weighted by Gasteiger charge is 2.26. The third-order valence-corrected chi connectivity index (χ3v) is 5.46. The summed E-state index contributed by atoms with van der Waals surface area (Å²) < 4.78 is 34.7. The second-order valence-electron chi connectivity index (χ2n) is 7.49. The highest BCUT2D eigenvalue weighted by molar-refractivity contribution is 5.96. The fourth-order valence-electron chi connectivity index (χ4n) is 3.69. The summed E-state index contributed by atoms with van der Waals surface area (Å²) >= 11 is 0. The van der Waals surface area contributed by atoms with Crippen molar-refractivity contribution in [1.82, 2.24) is 19.0 Å². The molecule has 1 saturated heterocycles. The minimum atomic E-state index is -0.767. The van der Waals surface area contributed by atoms with Gasteiger partial charge in [0.2, 0.25) is 0 Å². The number of carbonyl (C=O) groups is 1. The van der Waals surface area contributed by atoms with Crippen molar-refractivity contribution in [3.8, 4) is 5.75 Å². The van der Waals surface area contributed by atoms with Gasteiger partial charge < -0.3 is 9.64 Å². The molecule has 1 aliphatic heterocycles. The lowest BCUT2D eigenvalue weighted by atomic mass is 10.1. The number of ether oxygens (including phenoxy) is 1. The molecule has 0 radical (unpaired) electrons. The third kappa shape index (κ3) is 3.80. The summed E-state index contributed by atoms with van der Waals surface area (Å²) in [5.74, 6) is -1.76. The minimum absolute atomic E-state index is 0.0219. The van der Waals surface area contributed by atoms with Crippen LogP contribution in [0.1, 0.15) is 23.2 Å². The maximum atomic E-state index is 13.8. The predicted molar refractivity (Wildman–Crippen MR) is 108 cm³/mol. The maximum absolute atomic E-state index is 13.8. The summed E-state index contributed by atoms with van der Waals surface area (Å²) in [4.78, 5) is 43.1. The molecule has 0 bridgehead atoms. The molecule has 3 heterocycles. The van der Waals surface area contributed by atoms with Gasteiger partial charge in [0.15, 0.2) is 11.6 Å². The molecule has 0 atom stereocenters. The number of nitrogens with zero attached hydrogens (tertiary/aromatic N) is 4. The van der Waals surface area contributed by atoms with Gasteiger partial charge >= 0.3 is 5.69 Å². The van der Waals surface area contributed by atoms with Crippen molar-refractivity contribution >= 4 is 16.9 Å². The van der Waals surface area contributed by atoms with Gasteiger partial charge in [0.25, 0.3) is 11.5 Å². The number of aryl methyl sites for hydroxylation is 1. The molecule has 1 amide bonds. The van der Waals surface area contributed by atoms with Crippen LogP contribution in [0.15, 0.2) is 40.1 Å². The van der Waals surface area contributed by atoms with Crippen LogP contribution in [0, 0.1) is 11.6 Å². The van der Waals surface area contributed by atoms with Gasteiger partial charge in [0.05, 0.1) is 10.9 Å². The highest BCUT2D eigenvalue weighted by Crippen LogP contribution is 2.23. The molecule has 8 nitrogen and oxygen atoms in total. The van der Waals surface area contributed by atoms with Gasteiger partial charge in [0, 0.05) is 52.3 Å². The van der Waals surface area contributed by atoms with Gasteiger partial charge in [-0.3, -0.25) is 18.7 Å². The van der Waals surface area contributed by atoms with Crippen molar-refractivity contribution in [2.45, 2.75) is 18.9 Å². The number of fused-ring (bicyclic) bond motifs is 1. The Kier molecular flexibility index (Phi) is 5.30. The number of halogens is 2. The average molecular weight is 430 g/mol. The lowest BCUT2D eigenvalue weighted by molar-refractivity contribution is 0.0588. The van der Waals surface area contributed by atoms with Crippen molar-refractivity contribution in [3.05, 3.63) is 68.5 Å². The van der Waals surface area contributed by atoms with E-state index in [1.807, 2.05) is 0 Å². The fraction of sp³-hybridized carbons (Fsp3) is 0.333. The van der Waals surface area contributed by atoms with Crippen LogP contribution < -0.4 is 16.0 Å². The summed E-state index contributed by atoms with van der Waals surface area (Å²) in [6.07, 6.45) is 1.99. The first-order valence-electron chi connectivity index (χ1n) is 9.73. The van der Waals surface area contributed by atoms with E-state index in [2.05, 4.69) is 4.98 Å². The molecule has 0 unspecified atom stereocenters. The zero-order valence-corrected chi connectivity index (χ0v) is 17.0. The first-order chi connectivity index (χ1) is 14.8. The molecule has 2 aromatic heterocycles. The first-order valence-corrected chi connectivity index (χ1v) is 9.73. The van der Waals surface area contributed by atoms with E-state index in [0.717, 1.165) is 16.7 Å². The molecule has 1 aromatic carbocycles. The number of piperidine rings is 1. The van der Waals surface area contributed by atoms with Crippen LogP contribution in [0.5, 0.6) is 5.75 Å². The van der Waals surface area contributed by atoms with E-state index in [0.29, 0.717) is 25.9 Å². The number of likely N-dealkylation sites (tertiary alicyclic amines) is 1. The van der Waals surface area contributed by atoms with Crippen molar-refractivity contribution in [2.75, 3.05) is 13.1 Å². The Morgan fingerprint density at radius 2 is 1.81 bits per heavy atom. The number of hydrogen-bond donors (Lipinski definition) is 0. The molecule has 0 aliphatic carbocycles. The number of benzene rings is 1. The van der Waals surface area contributed by atoms with Crippen molar-refractivity contribution in [3.63, 3.8) is 0 Å². The Morgan fingerprint density at radius 3 is 2.48 bits per heavy atom. The highest BCUT2D eigenvalue weighted by atomic mass is 19.1. The Morgan fingerprint density at radius 1 is 1.10 bits per heavy atom. The van der Waals surface area contributed by atoms with Crippen molar-refractivity contribution < 1.29 is 18.3 Å². The number of pyridine rings is 1. The van der Waals surface area contributed by atoms with E-state index in [1.165, 1.54) is 37.0 Å². The summed E-state index contributed by atoms with van der Waals surface area (Å²) in [6.45, 7) is 0.741. The maximum Gasteiger partial charge on any atom is 0.332 e. The summed E-state index contributed by atoms with van der Waals surface area (Å²) in [5, 5.41) is 0.181. The molecule has 31 heavy (non-hydrogen) atoms. The van der Waals surface area contributed by atoms with Gasteiger partial charge in [-0.25, -0.2) is 18.6 Å². The standard InChI is InChI=1S/C21H20F2N4O4/c1-25-18-15(20(29)26(2)21(25)30)9-12(11-24-18)19(28)27-7-5-14(6-8-27)31-17-4-3-13(22)10-16(17)23/h3-4,9-11,14H,5-8H2,1-2H3. The number of hydrogen-bond acceptors (Lipinski definition) is 5. The molecule has 162 valence electrons. The summed E-state index contributed by atoms with van der Waals surface area (Å²) in [6, 6.07) is 4.59. The Labute approximate surface area is 175 Å². The van der Waals surface area contributed by atoms with Gasteiger partial charge in [-0.1, -0.05) is 0 Å². The number of carbonyl (C=O) groups excluding carboxylic acids is 1. The van der Waals surface area contributed by atoms with Crippen LogP contribution in [-0.4, -0.2) is 44.1 Å². The Hall–Kier alpha value is -3.56. The second kappa shape index (κ2) is 7.93. The van der Waals surface area contributed by atoms with Crippen molar-refractivity contribution in [1.29, 1.82) is 0 Å². The van der Waals surface area contributed by atoms with E-state index in [1.54, 1.807) is 4.90 Å². The molecular weight excluding hydrogens is 410 g/mol. The quantitative estimate of drug-likeness (QED) is 0.630. The Balaban J connectivity index is 1.49. The normalized spacial score (nSPS) is 14.8. The van der Waals surface area contributed by atoms with Crippen LogP contribution in [0.4, 0.5) is 8.78 Å². The number of amides is 1. The fourth-order valence-corrected chi connectivity index (χ4v) is 3.69. The minimum Gasteiger partial charge on any atom is -0.487 e. The molecule has 1 aliphatic rings. The zero-order chi connectivity index (χ0) is 22.3. The molecule has 0 spiro atoms. The van der Waals surface area contributed by atoms with Crippen LogP contribution in [0.25, 0.3) is 11.0 Å². The molecule has 1 fully saturated rings. The van der Waals surface area contributed by atoms with E-state index in [9.17, 15) is 23.2 Å². The second-order valence-corrected chi connectivity index (χ2v) is 7.49. The smallest absolute Gasteiger partial charge is 0.332 e. The topological polar surface area (TPSA) is 86.4 Å². The van der Waals surface area contributed by atoms with Crippen LogP contribution >= 0.6 is 0 Å². The monoisotopic (exact) mass is 430 g/mol. The summed E-state index contributed by atoms with van der Waals surface area (Å²) in [5.41, 5.74) is -0.567. The third-order valence-electron chi connectivity index (χ3n) is 5.46. The van der Waals surface area contributed by atoms with E-state index < -0.39 is 22.9 Å². The van der Waals surface area contributed by atoms with E-state index >= 15 is 0 Å². The summed E-state index contributed by atoms with van der Waals surface area (Å²) in [7, 11) is 2.88. The molecular formula is C21H20F2N4O4. The zero-order valence-electron chi connectivity index (χ0n) is 17.0. The Bertz CT molecular complexity index is 1290. The lowest BCUT2D eigenvalue weighted by Crippen LogP contribution is -2.42. The SMILES string of the molecule is Cn1c(=O)c2cc(C(=O)N3CCC(Oc4ccc(F)cc4F)CC3)cnc2n(C)c1=O. The van der Waals surface area contributed by atoms with Gasteiger partial charge in [-0.2, -0.15) is 0 Å². The molecule has 3 aromatic rings. The largest absolute Gasteiger partial charge is 0.487 e. The van der Waals surface area contributed by atoms with Gasteiger partial charge in [-0.15, -0.1) is 0 Å². The van der Waals surface area contributed by atoms with E-state index in [-0.39, 0.29) is 34.4 Å². The van der Waals surface area contributed by atoms with Crippen LogP contribution in [0.3, 0.4) is 0 Å². The van der Waals surface area contributed by atoms with Gasteiger partial charge in [0.1, 0.15) is 17.6 Å². The van der Waals surface area contributed by atoms with Crippen LogP contribution in [-0.2, 0) is 14.1 Å². The molecule has 0 saturated carbocycles. The van der Waals surface area contributed by atoms with Crippen molar-refractivity contribution in [2.24, 2.45) is 14.1 Å².